The normalized spacial score (nSPS) is 12.8. The summed E-state index contributed by atoms with van der Waals surface area (Å²) < 4.78 is 11.5. The molecule has 0 spiro atoms. The van der Waals surface area contributed by atoms with Gasteiger partial charge in [0, 0.05) is 6.42 Å². The zero-order valence-corrected chi connectivity index (χ0v) is 20.1. The van der Waals surface area contributed by atoms with Gasteiger partial charge in [0.15, 0.2) is 0 Å². The predicted octanol–water partition coefficient (Wildman–Crippen LogP) is 6.94. The molecule has 174 valence electrons. The standard InChI is InChI=1S/C28H38O4/c1-5-8-11-26(32-28(30)25-18-14-23(10-7-3)15-19-25)20-21(4)31-27(29)24-16-12-22(9-6-2)13-17-24/h12-19,21,26H,5-11,20H2,1-4H3. The summed E-state index contributed by atoms with van der Waals surface area (Å²) in [5.41, 5.74) is 3.54. The van der Waals surface area contributed by atoms with Gasteiger partial charge < -0.3 is 9.47 Å². The average molecular weight is 439 g/mol. The van der Waals surface area contributed by atoms with Crippen LogP contribution < -0.4 is 0 Å². The van der Waals surface area contributed by atoms with Crippen LogP contribution in [0.5, 0.6) is 0 Å². The van der Waals surface area contributed by atoms with Crippen molar-refractivity contribution in [2.75, 3.05) is 0 Å². The summed E-state index contributed by atoms with van der Waals surface area (Å²) in [5, 5.41) is 0. The first kappa shape index (κ1) is 25.6. The Hall–Kier alpha value is -2.62. The number of hydrogen-bond donors (Lipinski definition) is 0. The van der Waals surface area contributed by atoms with E-state index in [1.54, 1.807) is 0 Å². The summed E-state index contributed by atoms with van der Waals surface area (Å²) in [5.74, 6) is -0.660. The van der Waals surface area contributed by atoms with E-state index in [9.17, 15) is 9.59 Å². The topological polar surface area (TPSA) is 52.6 Å². The fraction of sp³-hybridized carbons (Fsp3) is 0.500. The van der Waals surface area contributed by atoms with Crippen molar-refractivity contribution in [1.82, 2.24) is 0 Å². The molecule has 0 aromatic heterocycles. The smallest absolute Gasteiger partial charge is 0.338 e. The Labute approximate surface area is 193 Å². The highest BCUT2D eigenvalue weighted by molar-refractivity contribution is 5.90. The van der Waals surface area contributed by atoms with Crippen LogP contribution in [0.4, 0.5) is 0 Å². The van der Waals surface area contributed by atoms with Crippen LogP contribution in [0.1, 0.15) is 98.1 Å². The molecule has 2 unspecified atom stereocenters. The lowest BCUT2D eigenvalue weighted by Gasteiger charge is -2.22. The first-order chi connectivity index (χ1) is 15.5. The summed E-state index contributed by atoms with van der Waals surface area (Å²) in [6.45, 7) is 8.23. The van der Waals surface area contributed by atoms with Crippen molar-refractivity contribution in [1.29, 1.82) is 0 Å². The van der Waals surface area contributed by atoms with Crippen LogP contribution in [0.3, 0.4) is 0 Å². The van der Waals surface area contributed by atoms with Crippen molar-refractivity contribution in [3.05, 3.63) is 70.8 Å². The van der Waals surface area contributed by atoms with Crippen LogP contribution in [-0.2, 0) is 22.3 Å². The molecule has 2 atom stereocenters. The second-order valence-electron chi connectivity index (χ2n) is 8.52. The molecule has 0 aliphatic carbocycles. The zero-order chi connectivity index (χ0) is 23.3. The second-order valence-corrected chi connectivity index (χ2v) is 8.52. The Morgan fingerprint density at radius 3 is 1.62 bits per heavy atom. The minimum atomic E-state index is -0.348. The van der Waals surface area contributed by atoms with E-state index in [2.05, 4.69) is 20.8 Å². The molecule has 2 rings (SSSR count). The molecule has 0 saturated carbocycles. The number of esters is 2. The molecular formula is C28H38O4. The van der Waals surface area contributed by atoms with Gasteiger partial charge in [-0.1, -0.05) is 70.7 Å². The Balaban J connectivity index is 1.94. The van der Waals surface area contributed by atoms with Gasteiger partial charge in [0.05, 0.1) is 11.1 Å². The van der Waals surface area contributed by atoms with Gasteiger partial charge >= 0.3 is 11.9 Å². The average Bonchev–Trinajstić information content (AvgIpc) is 2.78. The van der Waals surface area contributed by atoms with Crippen molar-refractivity contribution >= 4 is 11.9 Å². The quantitative estimate of drug-likeness (QED) is 0.318. The highest BCUT2D eigenvalue weighted by Gasteiger charge is 2.21. The third kappa shape index (κ3) is 8.49. The molecule has 0 amide bonds. The Morgan fingerprint density at radius 2 is 1.19 bits per heavy atom. The van der Waals surface area contributed by atoms with Crippen molar-refractivity contribution in [3.63, 3.8) is 0 Å². The number of carbonyl (C=O) groups is 2. The van der Waals surface area contributed by atoms with Crippen LogP contribution in [0.15, 0.2) is 48.5 Å². The fourth-order valence-corrected chi connectivity index (χ4v) is 3.74. The van der Waals surface area contributed by atoms with Gasteiger partial charge in [0.25, 0.3) is 0 Å². The van der Waals surface area contributed by atoms with E-state index in [4.69, 9.17) is 9.47 Å². The Morgan fingerprint density at radius 1 is 0.719 bits per heavy atom. The molecule has 32 heavy (non-hydrogen) atoms. The van der Waals surface area contributed by atoms with E-state index in [0.717, 1.165) is 44.9 Å². The molecule has 0 saturated heterocycles. The molecule has 2 aromatic rings. The lowest BCUT2D eigenvalue weighted by Crippen LogP contribution is -2.26. The molecule has 0 heterocycles. The summed E-state index contributed by atoms with van der Waals surface area (Å²) in [7, 11) is 0. The van der Waals surface area contributed by atoms with Crippen molar-refractivity contribution in [2.24, 2.45) is 0 Å². The molecular weight excluding hydrogens is 400 g/mol. The van der Waals surface area contributed by atoms with E-state index in [-0.39, 0.29) is 24.1 Å². The van der Waals surface area contributed by atoms with Crippen LogP contribution in [0.25, 0.3) is 0 Å². The molecule has 0 bridgehead atoms. The molecule has 2 aromatic carbocycles. The van der Waals surface area contributed by atoms with Gasteiger partial charge in [-0.3, -0.25) is 0 Å². The van der Waals surface area contributed by atoms with Crippen LogP contribution in [-0.4, -0.2) is 24.1 Å². The number of benzene rings is 2. The minimum absolute atomic E-state index is 0.285. The Kier molecular flexibility index (Phi) is 11.0. The molecule has 0 N–H and O–H groups in total. The van der Waals surface area contributed by atoms with Crippen molar-refractivity contribution in [3.8, 4) is 0 Å². The van der Waals surface area contributed by atoms with Gasteiger partial charge in [-0.15, -0.1) is 0 Å². The number of hydrogen-bond acceptors (Lipinski definition) is 4. The van der Waals surface area contributed by atoms with Gasteiger partial charge in [-0.25, -0.2) is 9.59 Å². The maximum absolute atomic E-state index is 12.7. The van der Waals surface area contributed by atoms with Gasteiger partial charge in [-0.2, -0.15) is 0 Å². The van der Waals surface area contributed by atoms with E-state index in [1.807, 2.05) is 55.5 Å². The number of carbonyl (C=O) groups excluding carboxylic acids is 2. The first-order valence-corrected chi connectivity index (χ1v) is 12.1. The fourth-order valence-electron chi connectivity index (χ4n) is 3.74. The van der Waals surface area contributed by atoms with E-state index in [1.165, 1.54) is 11.1 Å². The monoisotopic (exact) mass is 438 g/mol. The van der Waals surface area contributed by atoms with Crippen LogP contribution in [0, 0.1) is 0 Å². The lowest BCUT2D eigenvalue weighted by molar-refractivity contribution is 0.00129. The number of unbranched alkanes of at least 4 members (excludes halogenated alkanes) is 1. The van der Waals surface area contributed by atoms with Gasteiger partial charge in [0.2, 0.25) is 0 Å². The molecule has 4 heteroatoms. The van der Waals surface area contributed by atoms with Crippen LogP contribution >= 0.6 is 0 Å². The molecule has 0 fully saturated rings. The first-order valence-electron chi connectivity index (χ1n) is 12.1. The largest absolute Gasteiger partial charge is 0.459 e. The molecule has 0 aliphatic rings. The third-order valence-electron chi connectivity index (χ3n) is 5.51. The third-order valence-corrected chi connectivity index (χ3v) is 5.51. The molecule has 4 nitrogen and oxygen atoms in total. The second kappa shape index (κ2) is 13.7. The van der Waals surface area contributed by atoms with E-state index in [0.29, 0.717) is 17.5 Å². The Bertz CT molecular complexity index is 824. The molecule has 0 aliphatic heterocycles. The minimum Gasteiger partial charge on any atom is -0.459 e. The van der Waals surface area contributed by atoms with Gasteiger partial charge in [-0.05, 0) is 61.6 Å². The summed E-state index contributed by atoms with van der Waals surface area (Å²) in [6.07, 6.45) is 6.71. The summed E-state index contributed by atoms with van der Waals surface area (Å²) in [6, 6.07) is 15.2. The van der Waals surface area contributed by atoms with E-state index >= 15 is 0 Å². The summed E-state index contributed by atoms with van der Waals surface area (Å²) in [4.78, 5) is 25.2. The number of ether oxygens (including phenoxy) is 2. The predicted molar refractivity (Wildman–Crippen MR) is 129 cm³/mol. The van der Waals surface area contributed by atoms with Gasteiger partial charge in [0.1, 0.15) is 12.2 Å². The zero-order valence-electron chi connectivity index (χ0n) is 20.1. The van der Waals surface area contributed by atoms with Crippen molar-refractivity contribution in [2.45, 2.75) is 91.3 Å². The molecule has 0 radical (unpaired) electrons. The number of aryl methyl sites for hydroxylation is 2. The summed E-state index contributed by atoms with van der Waals surface area (Å²) >= 11 is 0. The highest BCUT2D eigenvalue weighted by atomic mass is 16.6. The SMILES string of the molecule is CCCCC(CC(C)OC(=O)c1ccc(CCC)cc1)OC(=O)c1ccc(CCC)cc1. The highest BCUT2D eigenvalue weighted by Crippen LogP contribution is 2.18. The maximum Gasteiger partial charge on any atom is 0.338 e. The van der Waals surface area contributed by atoms with Crippen molar-refractivity contribution < 1.29 is 19.1 Å². The van der Waals surface area contributed by atoms with E-state index < -0.39 is 0 Å². The lowest BCUT2D eigenvalue weighted by atomic mass is 10.1. The maximum atomic E-state index is 12.7. The van der Waals surface area contributed by atoms with Crippen LogP contribution in [0.2, 0.25) is 0 Å². The number of rotatable bonds is 13.